The number of nitrogens with one attached hydrogen (secondary N) is 2. The number of carbonyl (C=O) groups excluding carboxylic acids is 1. The number of nitrogens with zero attached hydrogens (tertiary/aromatic N) is 2. The topological polar surface area (TPSA) is 68.2 Å². The Labute approximate surface area is 231 Å². The van der Waals surface area contributed by atoms with E-state index < -0.39 is 0 Å². The number of fused-ring (bicyclic) bond motifs is 1. The molecule has 0 atom stereocenters. The summed E-state index contributed by atoms with van der Waals surface area (Å²) in [4.78, 5) is 14.2. The van der Waals surface area contributed by atoms with Gasteiger partial charge in [0, 0.05) is 4.88 Å². The lowest BCUT2D eigenvalue weighted by molar-refractivity contribution is 0.0526. The summed E-state index contributed by atoms with van der Waals surface area (Å²) in [5.41, 5.74) is 5.34. The Bertz CT molecular complexity index is 1290. The van der Waals surface area contributed by atoms with E-state index in [0.717, 1.165) is 58.9 Å². The summed E-state index contributed by atoms with van der Waals surface area (Å²) in [6.45, 7) is 6.64. The zero-order valence-corrected chi connectivity index (χ0v) is 23.8. The van der Waals surface area contributed by atoms with Crippen LogP contribution in [0.2, 0.25) is 10.0 Å². The van der Waals surface area contributed by atoms with Crippen molar-refractivity contribution in [2.75, 3.05) is 17.2 Å². The molecule has 0 radical (unpaired) electrons. The molecule has 0 fully saturated rings. The lowest BCUT2D eigenvalue weighted by Gasteiger charge is -2.13. The van der Waals surface area contributed by atoms with Gasteiger partial charge >= 0.3 is 5.97 Å². The van der Waals surface area contributed by atoms with Crippen molar-refractivity contribution in [2.45, 2.75) is 65.8 Å². The number of ether oxygens (including phenoxy) is 1. The van der Waals surface area contributed by atoms with Crippen molar-refractivity contribution >= 4 is 68.5 Å². The fraction of sp³-hybridized carbons (Fsp3) is 0.423. The number of esters is 1. The summed E-state index contributed by atoms with van der Waals surface area (Å²) in [7, 11) is 0. The van der Waals surface area contributed by atoms with Crippen LogP contribution in [0.1, 0.15) is 70.4 Å². The van der Waals surface area contributed by atoms with Gasteiger partial charge in [0.2, 0.25) is 0 Å². The lowest BCUT2D eigenvalue weighted by Crippen LogP contribution is -2.21. The molecule has 192 valence electrons. The first-order chi connectivity index (χ1) is 17.3. The van der Waals surface area contributed by atoms with Crippen LogP contribution in [0.25, 0.3) is 0 Å². The van der Waals surface area contributed by atoms with E-state index >= 15 is 0 Å². The molecular formula is C26H30Cl2N4O2S2. The van der Waals surface area contributed by atoms with E-state index in [0.29, 0.717) is 33.9 Å². The molecule has 0 unspecified atom stereocenters. The first-order valence-corrected chi connectivity index (χ1v) is 14.1. The van der Waals surface area contributed by atoms with Crippen LogP contribution in [0.4, 0.5) is 10.7 Å². The molecule has 0 saturated heterocycles. The molecular weight excluding hydrogens is 535 g/mol. The maximum absolute atomic E-state index is 12.9. The second-order valence-corrected chi connectivity index (χ2v) is 11.2. The SMILES string of the molecule is CCOC(=O)c1c(NC(=S)Nc2c(C)nn(Cc3ccc(Cl)c(Cl)c3)c2C)sc2c1CCCCCC2. The first-order valence-electron chi connectivity index (χ1n) is 12.2. The van der Waals surface area contributed by atoms with Crippen LogP contribution in [0.5, 0.6) is 0 Å². The van der Waals surface area contributed by atoms with Gasteiger partial charge in [0.1, 0.15) is 5.00 Å². The molecule has 4 rings (SSSR count). The Morgan fingerprint density at radius 3 is 2.61 bits per heavy atom. The molecule has 0 aliphatic heterocycles. The number of thiophene rings is 1. The number of anilines is 2. The third-order valence-corrected chi connectivity index (χ3v) is 8.46. The highest BCUT2D eigenvalue weighted by molar-refractivity contribution is 7.80. The van der Waals surface area contributed by atoms with E-state index in [1.54, 1.807) is 17.4 Å². The number of rotatable bonds is 6. The second-order valence-electron chi connectivity index (χ2n) is 8.87. The number of aromatic nitrogens is 2. The van der Waals surface area contributed by atoms with E-state index in [2.05, 4.69) is 15.7 Å². The Kier molecular flexibility index (Phi) is 8.93. The predicted molar refractivity (Wildman–Crippen MR) is 153 cm³/mol. The summed E-state index contributed by atoms with van der Waals surface area (Å²) < 4.78 is 7.32. The molecule has 2 aromatic heterocycles. The predicted octanol–water partition coefficient (Wildman–Crippen LogP) is 7.56. The zero-order valence-electron chi connectivity index (χ0n) is 20.7. The van der Waals surface area contributed by atoms with E-state index in [-0.39, 0.29) is 5.97 Å². The molecule has 10 heteroatoms. The number of carbonyl (C=O) groups is 1. The largest absolute Gasteiger partial charge is 0.462 e. The quantitative estimate of drug-likeness (QED) is 0.238. The highest BCUT2D eigenvalue weighted by Crippen LogP contribution is 2.38. The third-order valence-electron chi connectivity index (χ3n) is 6.31. The van der Waals surface area contributed by atoms with Gasteiger partial charge in [-0.1, -0.05) is 42.1 Å². The van der Waals surface area contributed by atoms with Gasteiger partial charge in [-0.3, -0.25) is 4.68 Å². The Balaban J connectivity index is 1.55. The normalized spacial score (nSPS) is 13.5. The molecule has 0 saturated carbocycles. The summed E-state index contributed by atoms with van der Waals surface area (Å²) in [5.74, 6) is -0.289. The minimum atomic E-state index is -0.289. The van der Waals surface area contributed by atoms with Crippen LogP contribution in [0, 0.1) is 13.8 Å². The van der Waals surface area contributed by atoms with Gasteiger partial charge in [-0.25, -0.2) is 4.79 Å². The van der Waals surface area contributed by atoms with E-state index in [1.165, 1.54) is 17.7 Å². The molecule has 6 nitrogen and oxygen atoms in total. The van der Waals surface area contributed by atoms with E-state index in [1.807, 2.05) is 37.6 Å². The second kappa shape index (κ2) is 11.9. The molecule has 1 aliphatic carbocycles. The standard InChI is InChI=1S/C26H30Cl2N4O2S2/c1-4-34-25(33)22-18-9-7-5-6-8-10-21(18)36-24(22)30-26(35)29-23-15(2)31-32(16(23)3)14-17-11-12-19(27)20(28)13-17/h11-13H,4-10,14H2,1-3H3,(H2,29,30,35). The maximum Gasteiger partial charge on any atom is 0.341 e. The van der Waals surface area contributed by atoms with Crippen LogP contribution in [-0.4, -0.2) is 27.5 Å². The molecule has 36 heavy (non-hydrogen) atoms. The minimum Gasteiger partial charge on any atom is -0.462 e. The number of benzene rings is 1. The van der Waals surface area contributed by atoms with Crippen molar-refractivity contribution in [3.63, 3.8) is 0 Å². The van der Waals surface area contributed by atoms with Gasteiger partial charge in [-0.05, 0) is 81.9 Å². The van der Waals surface area contributed by atoms with Gasteiger partial charge in [0.25, 0.3) is 0 Å². The Morgan fingerprint density at radius 1 is 1.14 bits per heavy atom. The van der Waals surface area contributed by atoms with Gasteiger partial charge < -0.3 is 15.4 Å². The van der Waals surface area contributed by atoms with Crippen molar-refractivity contribution in [1.82, 2.24) is 9.78 Å². The maximum atomic E-state index is 12.9. The van der Waals surface area contributed by atoms with Crippen molar-refractivity contribution in [1.29, 1.82) is 0 Å². The molecule has 0 spiro atoms. The van der Waals surface area contributed by atoms with Crippen LogP contribution in [0.15, 0.2) is 18.2 Å². The highest BCUT2D eigenvalue weighted by Gasteiger charge is 2.26. The molecule has 1 aromatic carbocycles. The van der Waals surface area contributed by atoms with Crippen LogP contribution < -0.4 is 10.6 Å². The molecule has 3 aromatic rings. The van der Waals surface area contributed by atoms with Crippen molar-refractivity contribution in [3.8, 4) is 0 Å². The lowest BCUT2D eigenvalue weighted by atomic mass is 9.96. The van der Waals surface area contributed by atoms with Crippen LogP contribution in [0.3, 0.4) is 0 Å². The number of aryl methyl sites for hydroxylation is 2. The zero-order chi connectivity index (χ0) is 25.8. The van der Waals surface area contributed by atoms with Gasteiger partial charge in [0.15, 0.2) is 5.11 Å². The molecule has 0 bridgehead atoms. The smallest absolute Gasteiger partial charge is 0.341 e. The van der Waals surface area contributed by atoms with Crippen molar-refractivity contribution < 1.29 is 9.53 Å². The molecule has 2 N–H and O–H groups in total. The Hall–Kier alpha value is -2.13. The summed E-state index contributed by atoms with van der Waals surface area (Å²) >= 11 is 19.5. The minimum absolute atomic E-state index is 0.289. The first kappa shape index (κ1) is 26.9. The fourth-order valence-electron chi connectivity index (χ4n) is 4.52. The highest BCUT2D eigenvalue weighted by atomic mass is 35.5. The number of halogens is 2. The third kappa shape index (κ3) is 6.05. The fourth-order valence-corrected chi connectivity index (χ4v) is 6.39. The molecule has 1 aliphatic rings. The van der Waals surface area contributed by atoms with Crippen LogP contribution >= 0.6 is 46.8 Å². The number of thiocarbonyl (C=S) groups is 1. The monoisotopic (exact) mass is 564 g/mol. The summed E-state index contributed by atoms with van der Waals surface area (Å²) in [6, 6.07) is 5.57. The average Bonchev–Trinajstić information content (AvgIpc) is 3.27. The van der Waals surface area contributed by atoms with E-state index in [9.17, 15) is 4.79 Å². The summed E-state index contributed by atoms with van der Waals surface area (Å²) in [6.07, 6.45) is 6.49. The molecule has 2 heterocycles. The van der Waals surface area contributed by atoms with Crippen molar-refractivity contribution in [3.05, 3.63) is 61.2 Å². The molecule has 0 amide bonds. The summed E-state index contributed by atoms with van der Waals surface area (Å²) in [5, 5.41) is 13.5. The van der Waals surface area contributed by atoms with E-state index in [4.69, 9.17) is 40.2 Å². The van der Waals surface area contributed by atoms with Crippen molar-refractivity contribution in [2.24, 2.45) is 0 Å². The number of hydrogen-bond donors (Lipinski definition) is 2. The van der Waals surface area contributed by atoms with Gasteiger partial charge in [-0.15, -0.1) is 11.3 Å². The van der Waals surface area contributed by atoms with Gasteiger partial charge in [0.05, 0.1) is 45.8 Å². The average molecular weight is 566 g/mol. The van der Waals surface area contributed by atoms with Crippen LogP contribution in [-0.2, 0) is 24.1 Å². The number of hydrogen-bond acceptors (Lipinski definition) is 5. The van der Waals surface area contributed by atoms with Gasteiger partial charge in [-0.2, -0.15) is 5.10 Å². The Morgan fingerprint density at radius 2 is 1.89 bits per heavy atom.